The van der Waals surface area contributed by atoms with Crippen molar-refractivity contribution in [2.24, 2.45) is 0 Å². The van der Waals surface area contributed by atoms with E-state index in [4.69, 9.17) is 7.85 Å². The normalized spacial score (nSPS) is 5.00. The van der Waals surface area contributed by atoms with Crippen LogP contribution >= 0.6 is 9.24 Å². The maximum absolute atomic E-state index is 4.76. The standard InChI is InChI=1S/C3H4BP/c4-2-1-3-5/h3,5H2. The van der Waals surface area contributed by atoms with Gasteiger partial charge in [-0.25, -0.2) is 0 Å². The van der Waals surface area contributed by atoms with Crippen molar-refractivity contribution in [2.75, 3.05) is 6.16 Å². The van der Waals surface area contributed by atoms with Gasteiger partial charge >= 0.3 is 0 Å². The SMILES string of the molecule is [B]C#CCP. The van der Waals surface area contributed by atoms with E-state index in [2.05, 4.69) is 21.0 Å². The van der Waals surface area contributed by atoms with Gasteiger partial charge in [0.25, 0.3) is 0 Å². The lowest BCUT2D eigenvalue weighted by Crippen LogP contribution is -1.55. The highest BCUT2D eigenvalue weighted by Crippen LogP contribution is 1.70. The van der Waals surface area contributed by atoms with Gasteiger partial charge in [-0.3, -0.25) is 0 Å². The van der Waals surface area contributed by atoms with Crippen molar-refractivity contribution in [2.45, 2.75) is 0 Å². The van der Waals surface area contributed by atoms with E-state index in [1.165, 1.54) is 0 Å². The molecule has 24 valence electrons. The summed E-state index contributed by atoms with van der Waals surface area (Å²) in [5.41, 5.74) is 0. The van der Waals surface area contributed by atoms with Gasteiger partial charge in [0, 0.05) is 6.16 Å². The van der Waals surface area contributed by atoms with E-state index >= 15 is 0 Å². The molecular weight excluding hydrogens is 77.8 g/mol. The zero-order chi connectivity index (χ0) is 4.12. The minimum absolute atomic E-state index is 0.774. The molecule has 0 N–H and O–H groups in total. The van der Waals surface area contributed by atoms with Gasteiger partial charge in [-0.1, -0.05) is 0 Å². The second kappa shape index (κ2) is 4.05. The molecule has 0 aliphatic heterocycles. The summed E-state index contributed by atoms with van der Waals surface area (Å²) >= 11 is 0. The fraction of sp³-hybridized carbons (Fsp3) is 0.333. The van der Waals surface area contributed by atoms with Crippen LogP contribution in [0.2, 0.25) is 0 Å². The monoisotopic (exact) mass is 82.0 g/mol. The molecule has 0 bridgehead atoms. The summed E-state index contributed by atoms with van der Waals surface area (Å²) in [6, 6.07) is 0. The lowest BCUT2D eigenvalue weighted by molar-refractivity contribution is 1.97. The average molecular weight is 81.9 g/mol. The molecule has 0 amide bonds. The van der Waals surface area contributed by atoms with Crippen LogP contribution in [0, 0.1) is 11.7 Å². The van der Waals surface area contributed by atoms with Gasteiger partial charge in [0.1, 0.15) is 0 Å². The molecule has 0 saturated heterocycles. The van der Waals surface area contributed by atoms with E-state index < -0.39 is 0 Å². The summed E-state index contributed by atoms with van der Waals surface area (Å²) < 4.78 is 0. The summed E-state index contributed by atoms with van der Waals surface area (Å²) in [4.78, 5) is 0. The van der Waals surface area contributed by atoms with Gasteiger partial charge in [0.05, 0.1) is 0 Å². The lowest BCUT2D eigenvalue weighted by Gasteiger charge is -1.59. The second-order valence-corrected chi connectivity index (χ2v) is 0.933. The Morgan fingerprint density at radius 3 is 2.40 bits per heavy atom. The lowest BCUT2D eigenvalue weighted by atomic mass is 10.2. The second-order valence-electron chi connectivity index (χ2n) is 0.525. The number of rotatable bonds is 0. The predicted molar refractivity (Wildman–Crippen MR) is 28.1 cm³/mol. The van der Waals surface area contributed by atoms with Crippen molar-refractivity contribution in [3.8, 4) is 11.7 Å². The Kier molecular flexibility index (Phi) is 4.10. The molecule has 0 spiro atoms. The summed E-state index contributed by atoms with van der Waals surface area (Å²) in [5, 5.41) is 0. The van der Waals surface area contributed by atoms with Crippen molar-refractivity contribution in [1.29, 1.82) is 0 Å². The summed E-state index contributed by atoms with van der Waals surface area (Å²) in [6.07, 6.45) is 0.774. The van der Waals surface area contributed by atoms with Crippen LogP contribution in [-0.4, -0.2) is 14.0 Å². The number of hydrogen-bond acceptors (Lipinski definition) is 0. The van der Waals surface area contributed by atoms with E-state index in [1.54, 1.807) is 0 Å². The Labute approximate surface area is 36.0 Å². The topological polar surface area (TPSA) is 0 Å². The van der Waals surface area contributed by atoms with Crippen molar-refractivity contribution in [1.82, 2.24) is 0 Å². The van der Waals surface area contributed by atoms with Crippen molar-refractivity contribution >= 4 is 17.1 Å². The molecule has 1 atom stereocenters. The molecule has 0 aromatic carbocycles. The molecule has 0 rings (SSSR count). The Hall–Kier alpha value is 0.0549. The smallest absolute Gasteiger partial charge is 0.172 e. The first-order valence-corrected chi connectivity index (χ1v) is 2.12. The zero-order valence-electron chi connectivity index (χ0n) is 2.86. The Bertz CT molecular complexity index is 59.0. The van der Waals surface area contributed by atoms with Crippen LogP contribution in [0.25, 0.3) is 0 Å². The first kappa shape index (κ1) is 5.05. The molecule has 2 radical (unpaired) electrons. The molecular formula is C3H4BP. The number of hydrogen-bond donors (Lipinski definition) is 0. The van der Waals surface area contributed by atoms with Crippen LogP contribution < -0.4 is 0 Å². The van der Waals surface area contributed by atoms with Crippen LogP contribution in [0.15, 0.2) is 0 Å². The van der Waals surface area contributed by atoms with Crippen molar-refractivity contribution in [3.05, 3.63) is 0 Å². The highest BCUT2D eigenvalue weighted by Gasteiger charge is 1.48. The maximum Gasteiger partial charge on any atom is 0.187 e. The summed E-state index contributed by atoms with van der Waals surface area (Å²) in [5.74, 6) is 4.85. The van der Waals surface area contributed by atoms with Gasteiger partial charge < -0.3 is 0 Å². The molecule has 0 aromatic rings. The molecule has 0 fully saturated rings. The third kappa shape index (κ3) is 4.05. The fourth-order valence-corrected chi connectivity index (χ4v) is 0.177. The van der Waals surface area contributed by atoms with Gasteiger partial charge in [0.15, 0.2) is 7.85 Å². The van der Waals surface area contributed by atoms with Gasteiger partial charge in [0.2, 0.25) is 0 Å². The highest BCUT2D eigenvalue weighted by atomic mass is 31.0. The highest BCUT2D eigenvalue weighted by molar-refractivity contribution is 7.16. The molecule has 0 aliphatic carbocycles. The molecule has 1 unspecified atom stereocenters. The van der Waals surface area contributed by atoms with Crippen LogP contribution in [0.5, 0.6) is 0 Å². The largest absolute Gasteiger partial charge is 0.187 e. The van der Waals surface area contributed by atoms with E-state index in [9.17, 15) is 0 Å². The summed E-state index contributed by atoms with van der Waals surface area (Å²) in [7, 11) is 7.21. The van der Waals surface area contributed by atoms with Gasteiger partial charge in [-0.15, -0.1) is 15.2 Å². The molecule has 0 aromatic heterocycles. The van der Waals surface area contributed by atoms with Crippen LogP contribution in [0.3, 0.4) is 0 Å². The summed E-state index contributed by atoms with van der Waals surface area (Å²) in [6.45, 7) is 0. The van der Waals surface area contributed by atoms with E-state index in [1.807, 2.05) is 0 Å². The molecule has 5 heavy (non-hydrogen) atoms. The first-order chi connectivity index (χ1) is 2.41. The Morgan fingerprint density at radius 2 is 2.40 bits per heavy atom. The van der Waals surface area contributed by atoms with Gasteiger partial charge in [-0.2, -0.15) is 5.82 Å². The Balaban J connectivity index is 2.81. The van der Waals surface area contributed by atoms with Crippen molar-refractivity contribution < 1.29 is 0 Å². The molecule has 0 nitrogen and oxygen atoms in total. The van der Waals surface area contributed by atoms with Crippen LogP contribution in [0.1, 0.15) is 0 Å². The zero-order valence-corrected chi connectivity index (χ0v) is 4.02. The van der Waals surface area contributed by atoms with Crippen LogP contribution in [-0.2, 0) is 0 Å². The predicted octanol–water partition coefficient (Wildman–Crippen LogP) is -0.00910. The average Bonchev–Trinajstić information content (AvgIpc) is 1.41. The third-order valence-electron chi connectivity index (χ3n) is 0.204. The fourth-order valence-electron chi connectivity index (χ4n) is 0.0589. The van der Waals surface area contributed by atoms with Gasteiger partial charge in [-0.05, 0) is 0 Å². The van der Waals surface area contributed by atoms with E-state index in [-0.39, 0.29) is 0 Å². The third-order valence-corrected chi connectivity index (χ3v) is 0.408. The minimum atomic E-state index is 0.774. The maximum atomic E-state index is 4.76. The molecule has 0 aliphatic rings. The van der Waals surface area contributed by atoms with E-state index in [0.717, 1.165) is 6.16 Å². The van der Waals surface area contributed by atoms with Crippen LogP contribution in [0.4, 0.5) is 0 Å². The Morgan fingerprint density at radius 1 is 1.80 bits per heavy atom. The molecule has 0 heterocycles. The minimum Gasteiger partial charge on any atom is -0.172 e. The van der Waals surface area contributed by atoms with Crippen molar-refractivity contribution in [3.63, 3.8) is 0 Å². The quantitative estimate of drug-likeness (QED) is 0.219. The molecule has 0 saturated carbocycles. The molecule has 2 heteroatoms. The van der Waals surface area contributed by atoms with E-state index in [0.29, 0.717) is 0 Å². The first-order valence-electron chi connectivity index (χ1n) is 1.30.